The topological polar surface area (TPSA) is 64.3 Å². The number of ether oxygens (including phenoxy) is 1. The van der Waals surface area contributed by atoms with E-state index in [-0.39, 0.29) is 16.3 Å². The van der Waals surface area contributed by atoms with Crippen LogP contribution in [0.25, 0.3) is 0 Å². The molecule has 1 aromatic carbocycles. The lowest BCUT2D eigenvalue weighted by Crippen LogP contribution is -2.30. The van der Waals surface area contributed by atoms with E-state index in [1.54, 1.807) is 0 Å². The first-order chi connectivity index (χ1) is 6.60. The molecule has 1 aromatic rings. The molecule has 0 aliphatic carbocycles. The molecule has 6 heteroatoms. The molecule has 1 rings (SSSR count). The maximum atomic E-state index is 13.2. The van der Waals surface area contributed by atoms with E-state index < -0.39 is 11.7 Å². The van der Waals surface area contributed by atoms with Crippen LogP contribution in [0.1, 0.15) is 10.4 Å². The third kappa shape index (κ3) is 1.94. The molecule has 0 aliphatic heterocycles. The molecule has 0 atom stereocenters. The van der Waals surface area contributed by atoms with E-state index in [1.165, 1.54) is 7.11 Å². The summed E-state index contributed by atoms with van der Waals surface area (Å²) in [6, 6.07) is 2.17. The van der Waals surface area contributed by atoms with Gasteiger partial charge in [0, 0.05) is 6.07 Å². The van der Waals surface area contributed by atoms with E-state index in [1.807, 2.05) is 5.43 Å². The van der Waals surface area contributed by atoms with Crippen molar-refractivity contribution in [3.63, 3.8) is 0 Å². The zero-order valence-corrected chi connectivity index (χ0v) is 8.06. The molecular weight excluding hydrogens is 211 g/mol. The molecule has 0 unspecified atom stereocenters. The van der Waals surface area contributed by atoms with E-state index in [0.717, 1.165) is 12.1 Å². The molecule has 3 N–H and O–H groups in total. The standard InChI is InChI=1S/C8H8ClFN2O2/c1-14-7-3-6(10)4(2-5(7)9)8(13)12-11/h2-3H,11H2,1H3,(H,12,13). The molecule has 0 fully saturated rings. The molecule has 76 valence electrons. The average molecular weight is 219 g/mol. The smallest absolute Gasteiger partial charge is 0.268 e. The van der Waals surface area contributed by atoms with Crippen LogP contribution in [0.2, 0.25) is 5.02 Å². The highest BCUT2D eigenvalue weighted by Crippen LogP contribution is 2.27. The van der Waals surface area contributed by atoms with Crippen LogP contribution in [0.5, 0.6) is 5.75 Å². The number of carbonyl (C=O) groups is 1. The fourth-order valence-corrected chi connectivity index (χ4v) is 1.18. The number of nitrogen functional groups attached to an aromatic ring is 1. The Hall–Kier alpha value is -1.33. The van der Waals surface area contributed by atoms with Crippen LogP contribution in [-0.2, 0) is 0 Å². The molecule has 0 bridgehead atoms. The second-order valence-corrected chi connectivity index (χ2v) is 2.85. The van der Waals surface area contributed by atoms with Crippen molar-refractivity contribution in [2.24, 2.45) is 5.84 Å². The maximum Gasteiger partial charge on any atom is 0.268 e. The lowest BCUT2D eigenvalue weighted by atomic mass is 10.2. The monoisotopic (exact) mass is 218 g/mol. The summed E-state index contributed by atoms with van der Waals surface area (Å²) < 4.78 is 18.0. The third-order valence-electron chi connectivity index (χ3n) is 1.62. The lowest BCUT2D eigenvalue weighted by molar-refractivity contribution is 0.0949. The number of nitrogens with one attached hydrogen (secondary N) is 1. The Labute approximate surface area is 84.8 Å². The van der Waals surface area contributed by atoms with Crippen molar-refractivity contribution >= 4 is 17.5 Å². The van der Waals surface area contributed by atoms with Gasteiger partial charge >= 0.3 is 0 Å². The van der Waals surface area contributed by atoms with Gasteiger partial charge in [0.05, 0.1) is 17.7 Å². The van der Waals surface area contributed by atoms with Crippen LogP contribution in [-0.4, -0.2) is 13.0 Å². The Bertz CT molecular complexity index is 371. The third-order valence-corrected chi connectivity index (χ3v) is 1.91. The Kier molecular flexibility index (Phi) is 3.27. The van der Waals surface area contributed by atoms with Gasteiger partial charge in [-0.3, -0.25) is 10.2 Å². The van der Waals surface area contributed by atoms with Crippen molar-refractivity contribution in [3.8, 4) is 5.75 Å². The zero-order chi connectivity index (χ0) is 10.7. The maximum absolute atomic E-state index is 13.2. The van der Waals surface area contributed by atoms with E-state index in [9.17, 15) is 9.18 Å². The van der Waals surface area contributed by atoms with Gasteiger partial charge in [0.15, 0.2) is 0 Å². The number of benzene rings is 1. The molecule has 4 nitrogen and oxygen atoms in total. The summed E-state index contributed by atoms with van der Waals surface area (Å²) in [5.74, 6) is 3.53. The molecule has 0 heterocycles. The number of hydrazine groups is 1. The normalized spacial score (nSPS) is 9.71. The molecule has 1 amide bonds. The molecular formula is C8H8ClFN2O2. The molecule has 14 heavy (non-hydrogen) atoms. The van der Waals surface area contributed by atoms with Crippen LogP contribution in [0.4, 0.5) is 4.39 Å². The van der Waals surface area contributed by atoms with Crippen molar-refractivity contribution in [3.05, 3.63) is 28.5 Å². The van der Waals surface area contributed by atoms with Gasteiger partial charge in [-0.1, -0.05) is 11.6 Å². The number of methoxy groups -OCH3 is 1. The fraction of sp³-hybridized carbons (Fsp3) is 0.125. The minimum atomic E-state index is -0.743. The van der Waals surface area contributed by atoms with Crippen LogP contribution < -0.4 is 16.0 Å². The quantitative estimate of drug-likeness (QED) is 0.444. The number of rotatable bonds is 2. The average Bonchev–Trinajstić information content (AvgIpc) is 2.19. The Morgan fingerprint density at radius 2 is 2.29 bits per heavy atom. The van der Waals surface area contributed by atoms with Gasteiger partial charge < -0.3 is 4.74 Å². The van der Waals surface area contributed by atoms with E-state index in [2.05, 4.69) is 0 Å². The van der Waals surface area contributed by atoms with Gasteiger partial charge in [-0.25, -0.2) is 10.2 Å². The first-order valence-corrected chi connectivity index (χ1v) is 4.02. The highest BCUT2D eigenvalue weighted by Gasteiger charge is 2.14. The second-order valence-electron chi connectivity index (χ2n) is 2.44. The summed E-state index contributed by atoms with van der Waals surface area (Å²) >= 11 is 5.69. The van der Waals surface area contributed by atoms with Gasteiger partial charge in [-0.2, -0.15) is 0 Å². The van der Waals surface area contributed by atoms with Crippen molar-refractivity contribution in [1.82, 2.24) is 5.43 Å². The fourth-order valence-electron chi connectivity index (χ4n) is 0.937. The Morgan fingerprint density at radius 3 is 2.79 bits per heavy atom. The van der Waals surface area contributed by atoms with Gasteiger partial charge in [0.25, 0.3) is 5.91 Å². The van der Waals surface area contributed by atoms with Crippen LogP contribution in [0.3, 0.4) is 0 Å². The number of nitrogens with two attached hydrogens (primary N) is 1. The van der Waals surface area contributed by atoms with Crippen LogP contribution in [0, 0.1) is 5.82 Å². The molecule has 0 radical (unpaired) electrons. The van der Waals surface area contributed by atoms with Crippen molar-refractivity contribution in [2.45, 2.75) is 0 Å². The van der Waals surface area contributed by atoms with Crippen molar-refractivity contribution < 1.29 is 13.9 Å². The first-order valence-electron chi connectivity index (χ1n) is 3.64. The Balaban J connectivity index is 3.21. The summed E-state index contributed by atoms with van der Waals surface area (Å²) in [4.78, 5) is 11.0. The number of halogens is 2. The highest BCUT2D eigenvalue weighted by atomic mass is 35.5. The van der Waals surface area contributed by atoms with Gasteiger partial charge in [0.2, 0.25) is 0 Å². The summed E-state index contributed by atoms with van der Waals surface area (Å²) in [7, 11) is 1.35. The van der Waals surface area contributed by atoms with Gasteiger partial charge in [-0.05, 0) is 6.07 Å². The number of carbonyl (C=O) groups excluding carboxylic acids is 1. The minimum Gasteiger partial charge on any atom is -0.495 e. The molecule has 0 aliphatic rings. The van der Waals surface area contributed by atoms with Crippen molar-refractivity contribution in [1.29, 1.82) is 0 Å². The predicted molar refractivity (Wildman–Crippen MR) is 49.6 cm³/mol. The minimum absolute atomic E-state index is 0.146. The molecule has 0 saturated heterocycles. The van der Waals surface area contributed by atoms with Crippen LogP contribution >= 0.6 is 11.6 Å². The first kappa shape index (κ1) is 10.7. The van der Waals surface area contributed by atoms with E-state index in [0.29, 0.717) is 0 Å². The predicted octanol–water partition coefficient (Wildman–Crippen LogP) is 1.09. The van der Waals surface area contributed by atoms with Crippen molar-refractivity contribution in [2.75, 3.05) is 7.11 Å². The lowest BCUT2D eigenvalue weighted by Gasteiger charge is -2.06. The number of hydrogen-bond acceptors (Lipinski definition) is 3. The van der Waals surface area contributed by atoms with Gasteiger partial charge in [-0.15, -0.1) is 0 Å². The summed E-state index contributed by atoms with van der Waals surface area (Å²) in [5, 5.41) is 0.146. The highest BCUT2D eigenvalue weighted by molar-refractivity contribution is 6.32. The SMILES string of the molecule is COc1cc(F)c(C(=O)NN)cc1Cl. The number of amides is 1. The zero-order valence-electron chi connectivity index (χ0n) is 7.30. The second kappa shape index (κ2) is 4.26. The van der Waals surface area contributed by atoms with Gasteiger partial charge in [0.1, 0.15) is 11.6 Å². The molecule has 0 aromatic heterocycles. The van der Waals surface area contributed by atoms with Crippen LogP contribution in [0.15, 0.2) is 12.1 Å². The largest absolute Gasteiger partial charge is 0.495 e. The summed E-state index contributed by atoms with van der Waals surface area (Å²) in [5.41, 5.74) is 1.58. The molecule has 0 saturated carbocycles. The summed E-state index contributed by atoms with van der Waals surface area (Å²) in [6.45, 7) is 0. The molecule has 0 spiro atoms. The number of hydrogen-bond donors (Lipinski definition) is 2. The van der Waals surface area contributed by atoms with E-state index >= 15 is 0 Å². The summed E-state index contributed by atoms with van der Waals surface area (Å²) in [6.07, 6.45) is 0. The Morgan fingerprint density at radius 1 is 1.64 bits per heavy atom. The van der Waals surface area contributed by atoms with E-state index in [4.69, 9.17) is 22.2 Å².